The summed E-state index contributed by atoms with van der Waals surface area (Å²) in [7, 11) is -5.51. The Morgan fingerprint density at radius 2 is 1.29 bits per heavy atom. The second-order valence-electron chi connectivity index (χ2n) is 8.93. The molecule has 0 aromatic heterocycles. The molecule has 0 spiro atoms. The normalized spacial score (nSPS) is 14.2. The molecule has 0 bridgehead atoms. The monoisotopic (exact) mass is 384 g/mol. The number of hydrogen-bond donors (Lipinski definition) is 0. The zero-order valence-electron chi connectivity index (χ0n) is 16.5. The van der Waals surface area contributed by atoms with Gasteiger partial charge in [0.15, 0.2) is 14.4 Å². The van der Waals surface area contributed by atoms with Crippen LogP contribution in [0.2, 0.25) is 58.9 Å². The zero-order chi connectivity index (χ0) is 18.8. The molecule has 0 radical (unpaired) electrons. The first kappa shape index (κ1) is 21.1. The van der Waals surface area contributed by atoms with E-state index in [1.54, 1.807) is 0 Å². The van der Waals surface area contributed by atoms with Crippen LogP contribution in [-0.4, -0.2) is 30.9 Å². The first-order valence-electron chi connectivity index (χ1n) is 8.36. The van der Waals surface area contributed by atoms with Crippen molar-refractivity contribution >= 4 is 30.9 Å². The van der Waals surface area contributed by atoms with Gasteiger partial charge in [0.25, 0.3) is 0 Å². The van der Waals surface area contributed by atoms with Crippen molar-refractivity contribution in [2.45, 2.75) is 65.0 Å². The Morgan fingerprint density at radius 3 is 1.67 bits per heavy atom. The summed E-state index contributed by atoms with van der Waals surface area (Å²) in [4.78, 5) is 12.6. The molecule has 0 heterocycles. The summed E-state index contributed by atoms with van der Waals surface area (Å²) in [5, 5.41) is 0. The van der Waals surface area contributed by atoms with Crippen molar-refractivity contribution in [3.8, 4) is 5.75 Å². The van der Waals surface area contributed by atoms with E-state index in [0.29, 0.717) is 0 Å². The van der Waals surface area contributed by atoms with Gasteiger partial charge >= 0.3 is 5.97 Å². The molecule has 1 unspecified atom stereocenters. The molecule has 1 rings (SSSR count). The molecule has 0 aliphatic rings. The Balaban J connectivity index is 3.04. The summed E-state index contributed by atoms with van der Waals surface area (Å²) in [5.74, 6) is 0.554. The maximum atomic E-state index is 12.6. The van der Waals surface area contributed by atoms with Gasteiger partial charge in [-0.05, 0) is 76.6 Å². The minimum absolute atomic E-state index is 0.282. The minimum Gasteiger partial charge on any atom is -0.544 e. The van der Waals surface area contributed by atoms with E-state index < -0.39 is 31.1 Å². The maximum Gasteiger partial charge on any atom is 0.325 e. The Bertz CT molecular complexity index is 551. The van der Waals surface area contributed by atoms with Crippen molar-refractivity contribution in [3.63, 3.8) is 0 Å². The van der Waals surface area contributed by atoms with Crippen LogP contribution in [0.3, 0.4) is 0 Å². The fraction of sp³-hybridized carbons (Fsp3) is 0.588. The lowest BCUT2D eigenvalue weighted by Crippen LogP contribution is -2.37. The quantitative estimate of drug-likeness (QED) is 0.608. The van der Waals surface area contributed by atoms with Crippen LogP contribution in [0.4, 0.5) is 0 Å². The lowest BCUT2D eigenvalue weighted by molar-refractivity contribution is -0.143. The highest BCUT2D eigenvalue weighted by atomic mass is 28.4. The van der Waals surface area contributed by atoms with Gasteiger partial charge in [0, 0.05) is 0 Å². The van der Waals surface area contributed by atoms with Gasteiger partial charge in [0.05, 0.1) is 0 Å². The lowest BCUT2D eigenvalue weighted by atomic mass is 10.1. The molecule has 0 saturated heterocycles. The second kappa shape index (κ2) is 7.55. The molecule has 0 N–H and O–H groups in total. The SMILES string of the molecule is C[Si](C)(C)OC(=O)C(O[Si](C)(C)C)c1ccc(O[Si](C)(C)C)cc1. The highest BCUT2D eigenvalue weighted by Gasteiger charge is 2.32. The van der Waals surface area contributed by atoms with E-state index in [-0.39, 0.29) is 5.97 Å². The number of benzene rings is 1. The Hall–Kier alpha value is -0.899. The molecule has 24 heavy (non-hydrogen) atoms. The van der Waals surface area contributed by atoms with Gasteiger partial charge in [-0.15, -0.1) is 0 Å². The smallest absolute Gasteiger partial charge is 0.325 e. The first-order valence-corrected chi connectivity index (χ1v) is 18.6. The molecule has 7 heteroatoms. The topological polar surface area (TPSA) is 44.8 Å². The van der Waals surface area contributed by atoms with Gasteiger partial charge in [0.2, 0.25) is 16.6 Å². The molecule has 4 nitrogen and oxygen atoms in total. The maximum absolute atomic E-state index is 12.6. The molecular formula is C17H32O4Si3. The summed E-state index contributed by atoms with van der Waals surface area (Å²) >= 11 is 0. The van der Waals surface area contributed by atoms with E-state index in [9.17, 15) is 4.79 Å². The molecule has 0 aliphatic carbocycles. The predicted octanol–water partition coefficient (Wildman–Crippen LogP) is 5.17. The van der Waals surface area contributed by atoms with Crippen LogP contribution in [0.25, 0.3) is 0 Å². The van der Waals surface area contributed by atoms with Gasteiger partial charge in [-0.3, -0.25) is 4.79 Å². The second-order valence-corrected chi connectivity index (χ2v) is 22.2. The molecule has 0 fully saturated rings. The average molecular weight is 385 g/mol. The van der Waals surface area contributed by atoms with Crippen molar-refractivity contribution in [1.29, 1.82) is 0 Å². The molecule has 0 aliphatic heterocycles. The summed E-state index contributed by atoms with van der Waals surface area (Å²) in [6.07, 6.45) is -0.663. The van der Waals surface area contributed by atoms with Crippen LogP contribution in [0, 0.1) is 0 Å². The molecule has 1 aromatic carbocycles. The van der Waals surface area contributed by atoms with Crippen molar-refractivity contribution < 1.29 is 18.1 Å². The third-order valence-corrected chi connectivity index (χ3v) is 5.30. The van der Waals surface area contributed by atoms with Gasteiger partial charge in [-0.1, -0.05) is 12.1 Å². The van der Waals surface area contributed by atoms with Crippen molar-refractivity contribution in [2.75, 3.05) is 0 Å². The Morgan fingerprint density at radius 1 is 0.792 bits per heavy atom. The van der Waals surface area contributed by atoms with Crippen LogP contribution < -0.4 is 4.43 Å². The summed E-state index contributed by atoms with van der Waals surface area (Å²) in [6, 6.07) is 7.64. The first-order chi connectivity index (χ1) is 10.7. The van der Waals surface area contributed by atoms with E-state index in [2.05, 4.69) is 39.3 Å². The molecular weight excluding hydrogens is 352 g/mol. The summed E-state index contributed by atoms with van der Waals surface area (Å²) in [6.45, 7) is 18.7. The highest BCUT2D eigenvalue weighted by molar-refractivity contribution is 6.71. The molecule has 0 amide bonds. The van der Waals surface area contributed by atoms with E-state index in [4.69, 9.17) is 13.3 Å². The van der Waals surface area contributed by atoms with Gasteiger partial charge in [-0.2, -0.15) is 0 Å². The van der Waals surface area contributed by atoms with Crippen LogP contribution >= 0.6 is 0 Å². The lowest BCUT2D eigenvalue weighted by Gasteiger charge is -2.28. The standard InChI is InChI=1S/C17H32O4Si3/c1-22(2,3)19-15-12-10-14(11-13-15)16(20-23(4,5)6)17(18)21-24(7,8)9/h10-13,16H,1-9H3. The van der Waals surface area contributed by atoms with Gasteiger partial charge < -0.3 is 13.3 Å². The Labute approximate surface area is 149 Å². The Kier molecular flexibility index (Phi) is 6.65. The fourth-order valence-electron chi connectivity index (χ4n) is 2.03. The number of carbonyl (C=O) groups excluding carboxylic acids is 1. The average Bonchev–Trinajstić information content (AvgIpc) is 2.32. The molecule has 1 atom stereocenters. The van der Waals surface area contributed by atoms with Crippen molar-refractivity contribution in [1.82, 2.24) is 0 Å². The van der Waals surface area contributed by atoms with E-state index in [1.165, 1.54) is 0 Å². The third-order valence-electron chi connectivity index (χ3n) is 2.70. The minimum atomic E-state index is -1.97. The van der Waals surface area contributed by atoms with Gasteiger partial charge in [0.1, 0.15) is 5.75 Å². The largest absolute Gasteiger partial charge is 0.544 e. The summed E-state index contributed by atoms with van der Waals surface area (Å²) < 4.78 is 17.8. The van der Waals surface area contributed by atoms with E-state index in [0.717, 1.165) is 11.3 Å². The van der Waals surface area contributed by atoms with Crippen LogP contribution in [0.1, 0.15) is 11.7 Å². The fourth-order valence-corrected chi connectivity index (χ4v) is 4.52. The van der Waals surface area contributed by atoms with E-state index in [1.807, 2.05) is 43.9 Å². The number of hydrogen-bond acceptors (Lipinski definition) is 4. The highest BCUT2D eigenvalue weighted by Crippen LogP contribution is 2.27. The summed E-state index contributed by atoms with van der Waals surface area (Å²) in [5.41, 5.74) is 0.823. The van der Waals surface area contributed by atoms with Crippen molar-refractivity contribution in [3.05, 3.63) is 29.8 Å². The molecule has 0 saturated carbocycles. The third kappa shape index (κ3) is 8.27. The zero-order valence-corrected chi connectivity index (χ0v) is 19.5. The molecule has 136 valence electrons. The molecule has 1 aromatic rings. The van der Waals surface area contributed by atoms with Gasteiger partial charge in [-0.25, -0.2) is 0 Å². The predicted molar refractivity (Wildman–Crippen MR) is 107 cm³/mol. The van der Waals surface area contributed by atoms with Crippen LogP contribution in [0.15, 0.2) is 24.3 Å². The number of rotatable bonds is 7. The van der Waals surface area contributed by atoms with Crippen LogP contribution in [-0.2, 0) is 13.6 Å². The van der Waals surface area contributed by atoms with Crippen LogP contribution in [0.5, 0.6) is 5.75 Å². The number of carbonyl (C=O) groups is 1. The van der Waals surface area contributed by atoms with E-state index >= 15 is 0 Å². The van der Waals surface area contributed by atoms with Crippen molar-refractivity contribution in [2.24, 2.45) is 0 Å².